The molecule has 2 rings (SSSR count). The SMILES string of the molecule is CN1CCN(C)CC1.CNCc1ccc(Cl)cc1Cl. The fraction of sp³-hybridized carbons (Fsp3) is 0.571. The van der Waals surface area contributed by atoms with E-state index in [-0.39, 0.29) is 0 Å². The topological polar surface area (TPSA) is 18.5 Å². The summed E-state index contributed by atoms with van der Waals surface area (Å²) in [6, 6.07) is 5.50. The number of hydrogen-bond acceptors (Lipinski definition) is 3. The molecule has 108 valence electrons. The van der Waals surface area contributed by atoms with Crippen LogP contribution in [0.15, 0.2) is 18.2 Å². The molecule has 0 aromatic heterocycles. The maximum absolute atomic E-state index is 5.88. The molecule has 0 bridgehead atoms. The first kappa shape index (κ1) is 16.7. The Morgan fingerprint density at radius 2 is 1.58 bits per heavy atom. The zero-order chi connectivity index (χ0) is 14.3. The first-order valence-electron chi connectivity index (χ1n) is 6.48. The van der Waals surface area contributed by atoms with E-state index >= 15 is 0 Å². The van der Waals surface area contributed by atoms with Crippen molar-refractivity contribution in [1.29, 1.82) is 0 Å². The summed E-state index contributed by atoms with van der Waals surface area (Å²) >= 11 is 11.6. The predicted molar refractivity (Wildman–Crippen MR) is 84.2 cm³/mol. The summed E-state index contributed by atoms with van der Waals surface area (Å²) in [5.41, 5.74) is 1.07. The maximum atomic E-state index is 5.88. The molecule has 1 aliphatic rings. The van der Waals surface area contributed by atoms with Gasteiger partial charge in [-0.2, -0.15) is 0 Å². The van der Waals surface area contributed by atoms with Crippen molar-refractivity contribution in [3.05, 3.63) is 33.8 Å². The number of halogens is 2. The quantitative estimate of drug-likeness (QED) is 0.906. The summed E-state index contributed by atoms with van der Waals surface area (Å²) in [4.78, 5) is 4.72. The van der Waals surface area contributed by atoms with Crippen molar-refractivity contribution < 1.29 is 0 Å². The lowest BCUT2D eigenvalue weighted by molar-refractivity contribution is 0.181. The van der Waals surface area contributed by atoms with Gasteiger partial charge in [0.05, 0.1) is 0 Å². The molecule has 0 amide bonds. The average Bonchev–Trinajstić information content (AvgIpc) is 2.37. The minimum atomic E-state index is 0.676. The largest absolute Gasteiger partial charge is 0.316 e. The first-order chi connectivity index (χ1) is 9.02. The predicted octanol–water partition coefficient (Wildman–Crippen LogP) is 2.58. The Morgan fingerprint density at radius 3 is 2.00 bits per heavy atom. The van der Waals surface area contributed by atoms with Crippen molar-refractivity contribution in [1.82, 2.24) is 15.1 Å². The Morgan fingerprint density at radius 1 is 1.05 bits per heavy atom. The molecule has 1 heterocycles. The zero-order valence-corrected chi connectivity index (χ0v) is 13.4. The summed E-state index contributed by atoms with van der Waals surface area (Å²) in [6.07, 6.45) is 0. The Balaban J connectivity index is 0.000000200. The van der Waals surface area contributed by atoms with E-state index in [1.165, 1.54) is 26.2 Å². The fourth-order valence-corrected chi connectivity index (χ4v) is 2.24. The van der Waals surface area contributed by atoms with Gasteiger partial charge in [0.15, 0.2) is 0 Å². The van der Waals surface area contributed by atoms with E-state index in [4.69, 9.17) is 23.2 Å². The number of nitrogens with one attached hydrogen (secondary N) is 1. The lowest BCUT2D eigenvalue weighted by Gasteiger charge is -2.28. The van der Waals surface area contributed by atoms with Crippen LogP contribution in [0.5, 0.6) is 0 Å². The van der Waals surface area contributed by atoms with E-state index in [1.807, 2.05) is 19.2 Å². The number of piperazine rings is 1. The second-order valence-electron chi connectivity index (χ2n) is 4.87. The molecule has 1 aliphatic heterocycles. The molecule has 19 heavy (non-hydrogen) atoms. The van der Waals surface area contributed by atoms with Gasteiger partial charge >= 0.3 is 0 Å². The third kappa shape index (κ3) is 6.59. The van der Waals surface area contributed by atoms with Crippen LogP contribution in [0.3, 0.4) is 0 Å². The Kier molecular flexibility index (Phi) is 7.73. The van der Waals surface area contributed by atoms with Crippen LogP contribution < -0.4 is 5.32 Å². The van der Waals surface area contributed by atoms with Gasteiger partial charge in [-0.1, -0.05) is 29.3 Å². The van der Waals surface area contributed by atoms with Crippen LogP contribution in [-0.2, 0) is 6.54 Å². The van der Waals surface area contributed by atoms with Gasteiger partial charge in [0, 0.05) is 42.8 Å². The highest BCUT2D eigenvalue weighted by Crippen LogP contribution is 2.20. The van der Waals surface area contributed by atoms with Gasteiger partial charge in [0.25, 0.3) is 0 Å². The number of nitrogens with zero attached hydrogens (tertiary/aromatic N) is 2. The molecule has 0 atom stereocenters. The van der Waals surface area contributed by atoms with Crippen molar-refractivity contribution in [2.45, 2.75) is 6.54 Å². The first-order valence-corrected chi connectivity index (χ1v) is 7.24. The Bertz CT molecular complexity index is 367. The van der Waals surface area contributed by atoms with Crippen molar-refractivity contribution in [3.8, 4) is 0 Å². The van der Waals surface area contributed by atoms with Crippen molar-refractivity contribution in [2.75, 3.05) is 47.3 Å². The molecule has 1 aromatic rings. The molecular formula is C14H23Cl2N3. The number of likely N-dealkylation sites (N-methyl/N-ethyl adjacent to an activating group) is 2. The molecular weight excluding hydrogens is 281 g/mol. The number of rotatable bonds is 2. The molecule has 0 spiro atoms. The molecule has 0 radical (unpaired) electrons. The van der Waals surface area contributed by atoms with Crippen LogP contribution in [0, 0.1) is 0 Å². The number of hydrogen-bond donors (Lipinski definition) is 1. The monoisotopic (exact) mass is 303 g/mol. The van der Waals surface area contributed by atoms with Crippen LogP contribution >= 0.6 is 23.2 Å². The fourth-order valence-electron chi connectivity index (χ4n) is 1.76. The second kappa shape index (κ2) is 8.77. The Hall–Kier alpha value is -0.320. The maximum Gasteiger partial charge on any atom is 0.0465 e. The standard InChI is InChI=1S/C8H9Cl2N.C6H14N2/c1-11-5-6-2-3-7(9)4-8(6)10;1-7-3-5-8(2)6-4-7/h2-4,11H,5H2,1H3;3-6H2,1-2H3. The summed E-state index contributed by atoms with van der Waals surface area (Å²) < 4.78 is 0. The summed E-state index contributed by atoms with van der Waals surface area (Å²) in [5, 5.41) is 4.41. The van der Waals surface area contributed by atoms with Gasteiger partial charge in [-0.15, -0.1) is 0 Å². The van der Waals surface area contributed by atoms with Crippen LogP contribution in [-0.4, -0.2) is 57.1 Å². The molecule has 1 aromatic carbocycles. The average molecular weight is 304 g/mol. The van der Waals surface area contributed by atoms with Crippen LogP contribution in [0.4, 0.5) is 0 Å². The minimum Gasteiger partial charge on any atom is -0.316 e. The summed E-state index contributed by atoms with van der Waals surface area (Å²) in [7, 11) is 6.23. The molecule has 0 aliphatic carbocycles. The highest BCUT2D eigenvalue weighted by Gasteiger charge is 2.07. The molecule has 5 heteroatoms. The van der Waals surface area contributed by atoms with E-state index in [2.05, 4.69) is 29.2 Å². The van der Waals surface area contributed by atoms with Crippen molar-refractivity contribution in [3.63, 3.8) is 0 Å². The molecule has 0 unspecified atom stereocenters. The van der Waals surface area contributed by atoms with Gasteiger partial charge in [-0.3, -0.25) is 0 Å². The van der Waals surface area contributed by atoms with E-state index in [0.29, 0.717) is 10.0 Å². The van der Waals surface area contributed by atoms with Crippen molar-refractivity contribution in [2.24, 2.45) is 0 Å². The Labute approximate surface area is 126 Å². The lowest BCUT2D eigenvalue weighted by atomic mass is 10.2. The normalized spacial score (nSPS) is 16.9. The van der Waals surface area contributed by atoms with Gasteiger partial charge in [-0.25, -0.2) is 0 Å². The molecule has 0 saturated carbocycles. The van der Waals surface area contributed by atoms with Gasteiger partial charge in [0.2, 0.25) is 0 Å². The van der Waals surface area contributed by atoms with E-state index < -0.39 is 0 Å². The third-order valence-electron chi connectivity index (χ3n) is 3.11. The van der Waals surface area contributed by atoms with E-state index in [9.17, 15) is 0 Å². The van der Waals surface area contributed by atoms with Gasteiger partial charge in [-0.05, 0) is 38.8 Å². The van der Waals surface area contributed by atoms with Crippen LogP contribution in [0.2, 0.25) is 10.0 Å². The highest BCUT2D eigenvalue weighted by molar-refractivity contribution is 6.35. The summed E-state index contributed by atoms with van der Waals surface area (Å²) in [5.74, 6) is 0. The zero-order valence-electron chi connectivity index (χ0n) is 11.9. The van der Waals surface area contributed by atoms with Gasteiger partial charge in [0.1, 0.15) is 0 Å². The van der Waals surface area contributed by atoms with Gasteiger partial charge < -0.3 is 15.1 Å². The molecule has 1 N–H and O–H groups in total. The van der Waals surface area contributed by atoms with Crippen LogP contribution in [0.25, 0.3) is 0 Å². The van der Waals surface area contributed by atoms with E-state index in [0.717, 1.165) is 12.1 Å². The smallest absolute Gasteiger partial charge is 0.0465 e. The third-order valence-corrected chi connectivity index (χ3v) is 3.70. The number of benzene rings is 1. The lowest BCUT2D eigenvalue weighted by Crippen LogP contribution is -2.42. The minimum absolute atomic E-state index is 0.676. The summed E-state index contributed by atoms with van der Waals surface area (Å²) in [6.45, 7) is 5.70. The van der Waals surface area contributed by atoms with Crippen molar-refractivity contribution >= 4 is 23.2 Å². The van der Waals surface area contributed by atoms with E-state index in [1.54, 1.807) is 6.07 Å². The van der Waals surface area contributed by atoms with Crippen LogP contribution in [0.1, 0.15) is 5.56 Å². The molecule has 3 nitrogen and oxygen atoms in total. The molecule has 1 saturated heterocycles. The molecule has 1 fully saturated rings. The second-order valence-corrected chi connectivity index (χ2v) is 5.72. The highest BCUT2D eigenvalue weighted by atomic mass is 35.5.